The maximum absolute atomic E-state index is 6.30. The van der Waals surface area contributed by atoms with E-state index in [1.165, 1.54) is 25.7 Å². The maximum Gasteiger partial charge on any atom is 0.137 e. The Morgan fingerprint density at radius 2 is 1.95 bits per heavy atom. The van der Waals surface area contributed by atoms with E-state index >= 15 is 0 Å². The molecule has 4 heteroatoms. The third kappa shape index (κ3) is 3.02. The van der Waals surface area contributed by atoms with Crippen molar-refractivity contribution in [2.45, 2.75) is 58.4 Å². The summed E-state index contributed by atoms with van der Waals surface area (Å²) in [6, 6.07) is 0.694. The Kier molecular flexibility index (Phi) is 3.66. The van der Waals surface area contributed by atoms with Crippen LogP contribution in [0.1, 0.15) is 50.4 Å². The fourth-order valence-electron chi connectivity index (χ4n) is 2.51. The van der Waals surface area contributed by atoms with E-state index in [0.29, 0.717) is 11.2 Å². The summed E-state index contributed by atoms with van der Waals surface area (Å²) >= 11 is 6.30. The topological polar surface area (TPSA) is 29.0 Å². The summed E-state index contributed by atoms with van der Waals surface area (Å²) in [5.74, 6) is 2.87. The Balaban J connectivity index is 1.90. The third-order valence-corrected chi connectivity index (χ3v) is 4.36. The van der Waals surface area contributed by atoms with Crippen molar-refractivity contribution < 1.29 is 0 Å². The van der Waals surface area contributed by atoms with Gasteiger partial charge >= 0.3 is 0 Å². The zero-order valence-corrected chi connectivity index (χ0v) is 12.6. The SMILES string of the molecule is CCCc1nc(Cl)c(C)c(N(CC2CC2)C2CC2)n1. The van der Waals surface area contributed by atoms with E-state index in [2.05, 4.69) is 23.7 Å². The highest BCUT2D eigenvalue weighted by Gasteiger charge is 2.35. The molecular weight excluding hydrogens is 258 g/mol. The average molecular weight is 280 g/mol. The van der Waals surface area contributed by atoms with Crippen molar-refractivity contribution in [1.29, 1.82) is 0 Å². The first-order valence-electron chi connectivity index (χ1n) is 7.48. The van der Waals surface area contributed by atoms with Crippen LogP contribution in [0.5, 0.6) is 0 Å². The molecule has 0 bridgehead atoms. The summed E-state index contributed by atoms with van der Waals surface area (Å²) in [6.45, 7) is 5.36. The fraction of sp³-hybridized carbons (Fsp3) is 0.733. The second-order valence-electron chi connectivity index (χ2n) is 5.96. The van der Waals surface area contributed by atoms with Gasteiger partial charge in [0.2, 0.25) is 0 Å². The molecule has 0 N–H and O–H groups in total. The highest BCUT2D eigenvalue weighted by atomic mass is 35.5. The molecule has 0 atom stereocenters. The first-order valence-corrected chi connectivity index (χ1v) is 7.86. The Morgan fingerprint density at radius 1 is 1.21 bits per heavy atom. The number of hydrogen-bond acceptors (Lipinski definition) is 3. The van der Waals surface area contributed by atoms with Crippen LogP contribution in [0.2, 0.25) is 5.15 Å². The van der Waals surface area contributed by atoms with Crippen LogP contribution >= 0.6 is 11.6 Å². The van der Waals surface area contributed by atoms with Crippen LogP contribution in [0.4, 0.5) is 5.82 Å². The van der Waals surface area contributed by atoms with Gasteiger partial charge < -0.3 is 4.90 Å². The molecule has 0 unspecified atom stereocenters. The molecule has 19 heavy (non-hydrogen) atoms. The summed E-state index contributed by atoms with van der Waals surface area (Å²) in [5.41, 5.74) is 1.05. The van der Waals surface area contributed by atoms with Crippen molar-refractivity contribution in [1.82, 2.24) is 9.97 Å². The second-order valence-corrected chi connectivity index (χ2v) is 6.31. The molecule has 1 aromatic rings. The number of aryl methyl sites for hydroxylation is 1. The van der Waals surface area contributed by atoms with Crippen LogP contribution in [-0.4, -0.2) is 22.6 Å². The van der Waals surface area contributed by atoms with E-state index in [-0.39, 0.29) is 0 Å². The number of halogens is 1. The molecule has 0 aliphatic heterocycles. The smallest absolute Gasteiger partial charge is 0.137 e. The molecular formula is C15H22ClN3. The van der Waals surface area contributed by atoms with Crippen molar-refractivity contribution >= 4 is 17.4 Å². The van der Waals surface area contributed by atoms with Gasteiger partial charge in [-0.05, 0) is 44.9 Å². The Morgan fingerprint density at radius 3 is 2.53 bits per heavy atom. The van der Waals surface area contributed by atoms with E-state index in [0.717, 1.165) is 42.5 Å². The molecule has 1 heterocycles. The number of hydrogen-bond donors (Lipinski definition) is 0. The van der Waals surface area contributed by atoms with Crippen LogP contribution in [0.3, 0.4) is 0 Å². The minimum atomic E-state index is 0.634. The van der Waals surface area contributed by atoms with Gasteiger partial charge in [0.05, 0.1) is 0 Å². The van der Waals surface area contributed by atoms with Crippen molar-refractivity contribution in [2.75, 3.05) is 11.4 Å². The summed E-state index contributed by atoms with van der Waals surface area (Å²) in [5, 5.41) is 0.634. The van der Waals surface area contributed by atoms with E-state index < -0.39 is 0 Å². The lowest BCUT2D eigenvalue weighted by Gasteiger charge is -2.26. The number of aromatic nitrogens is 2. The molecule has 0 amide bonds. The van der Waals surface area contributed by atoms with Crippen LogP contribution in [0, 0.1) is 12.8 Å². The zero-order chi connectivity index (χ0) is 13.4. The highest BCUT2D eigenvalue weighted by molar-refractivity contribution is 6.30. The van der Waals surface area contributed by atoms with Crippen molar-refractivity contribution in [2.24, 2.45) is 5.92 Å². The molecule has 1 aromatic heterocycles. The molecule has 3 nitrogen and oxygen atoms in total. The summed E-state index contributed by atoms with van der Waals surface area (Å²) in [6.07, 6.45) is 7.33. The molecule has 104 valence electrons. The summed E-state index contributed by atoms with van der Waals surface area (Å²) in [4.78, 5) is 11.7. The Hall–Kier alpha value is -0.830. The molecule has 0 spiro atoms. The lowest BCUT2D eigenvalue weighted by atomic mass is 10.2. The maximum atomic E-state index is 6.30. The minimum absolute atomic E-state index is 0.634. The monoisotopic (exact) mass is 279 g/mol. The summed E-state index contributed by atoms with van der Waals surface area (Å²) < 4.78 is 0. The lowest BCUT2D eigenvalue weighted by molar-refractivity contribution is 0.697. The van der Waals surface area contributed by atoms with E-state index in [9.17, 15) is 0 Å². The van der Waals surface area contributed by atoms with Gasteiger partial charge in [0.25, 0.3) is 0 Å². The van der Waals surface area contributed by atoms with Crippen LogP contribution in [0.15, 0.2) is 0 Å². The van der Waals surface area contributed by atoms with Gasteiger partial charge in [0.1, 0.15) is 16.8 Å². The van der Waals surface area contributed by atoms with Gasteiger partial charge in [-0.3, -0.25) is 0 Å². The largest absolute Gasteiger partial charge is 0.353 e. The van der Waals surface area contributed by atoms with Gasteiger partial charge in [-0.1, -0.05) is 18.5 Å². The number of rotatable bonds is 6. The first kappa shape index (κ1) is 13.2. The van der Waals surface area contributed by atoms with Crippen LogP contribution in [-0.2, 0) is 6.42 Å². The predicted molar refractivity (Wildman–Crippen MR) is 78.9 cm³/mol. The highest BCUT2D eigenvalue weighted by Crippen LogP contribution is 2.38. The Labute approximate surface area is 120 Å². The van der Waals surface area contributed by atoms with Gasteiger partial charge in [0, 0.05) is 24.6 Å². The van der Waals surface area contributed by atoms with Gasteiger partial charge in [0.15, 0.2) is 0 Å². The van der Waals surface area contributed by atoms with E-state index in [1.54, 1.807) is 0 Å². The molecule has 2 fully saturated rings. The van der Waals surface area contributed by atoms with E-state index in [4.69, 9.17) is 16.6 Å². The summed E-state index contributed by atoms with van der Waals surface area (Å²) in [7, 11) is 0. The second kappa shape index (κ2) is 5.28. The lowest BCUT2D eigenvalue weighted by Crippen LogP contribution is -2.30. The quantitative estimate of drug-likeness (QED) is 0.742. The first-order chi connectivity index (χ1) is 9.19. The number of nitrogens with zero attached hydrogens (tertiary/aromatic N) is 3. The Bertz CT molecular complexity index is 467. The fourth-order valence-corrected chi connectivity index (χ4v) is 2.69. The van der Waals surface area contributed by atoms with Crippen molar-refractivity contribution in [3.8, 4) is 0 Å². The third-order valence-electron chi connectivity index (χ3n) is 3.99. The van der Waals surface area contributed by atoms with Gasteiger partial charge in [-0.2, -0.15) is 0 Å². The molecule has 2 saturated carbocycles. The molecule has 2 aliphatic rings. The molecule has 3 rings (SSSR count). The molecule has 0 aromatic carbocycles. The van der Waals surface area contributed by atoms with Crippen molar-refractivity contribution in [3.63, 3.8) is 0 Å². The molecule has 2 aliphatic carbocycles. The van der Waals surface area contributed by atoms with E-state index in [1.807, 2.05) is 0 Å². The van der Waals surface area contributed by atoms with Gasteiger partial charge in [-0.15, -0.1) is 0 Å². The van der Waals surface area contributed by atoms with Crippen LogP contribution in [0.25, 0.3) is 0 Å². The van der Waals surface area contributed by atoms with Crippen molar-refractivity contribution in [3.05, 3.63) is 16.5 Å². The normalized spacial score (nSPS) is 18.7. The zero-order valence-electron chi connectivity index (χ0n) is 11.8. The minimum Gasteiger partial charge on any atom is -0.353 e. The average Bonchev–Trinajstić information content (AvgIpc) is 3.25. The van der Waals surface area contributed by atoms with Gasteiger partial charge in [-0.25, -0.2) is 9.97 Å². The van der Waals surface area contributed by atoms with Crippen LogP contribution < -0.4 is 4.90 Å². The predicted octanol–water partition coefficient (Wildman–Crippen LogP) is 3.77. The standard InChI is InChI=1S/C15H22ClN3/c1-3-4-13-17-14(16)10(2)15(18-13)19(12-7-8-12)9-11-5-6-11/h11-12H,3-9H2,1-2H3. The molecule has 0 radical (unpaired) electrons. The number of anilines is 1. The molecule has 0 saturated heterocycles.